The van der Waals surface area contributed by atoms with Crippen LogP contribution in [0.5, 0.6) is 0 Å². The fraction of sp³-hybridized carbons (Fsp3) is 0.467. The number of ether oxygens (including phenoxy) is 1. The summed E-state index contributed by atoms with van der Waals surface area (Å²) in [7, 11) is 1.85. The molecule has 1 atom stereocenters. The topological polar surface area (TPSA) is 68.2 Å². The van der Waals surface area contributed by atoms with Gasteiger partial charge in [-0.15, -0.1) is 0 Å². The maximum Gasteiger partial charge on any atom is 0.250 e. The maximum atomic E-state index is 13.3. The van der Waals surface area contributed by atoms with Crippen LogP contribution in [-0.4, -0.2) is 47.8 Å². The van der Waals surface area contributed by atoms with Gasteiger partial charge in [0.1, 0.15) is 17.7 Å². The monoisotopic (exact) mass is 306 g/mol. The summed E-state index contributed by atoms with van der Waals surface area (Å²) in [6, 6.07) is 4.52. The normalized spacial score (nSPS) is 18.5. The van der Waals surface area contributed by atoms with Crippen molar-refractivity contribution in [3.8, 4) is 0 Å². The summed E-state index contributed by atoms with van der Waals surface area (Å²) < 4.78 is 20.5. The lowest BCUT2D eigenvalue weighted by Crippen LogP contribution is -2.48. The number of nitrogens with zero attached hydrogens (tertiary/aromatic N) is 2. The SMILES string of the molecule is Cn1c(CCNC(=O)C2CNCCO2)nc2ccc(F)cc21. The third kappa shape index (κ3) is 3.10. The first-order chi connectivity index (χ1) is 10.6. The Morgan fingerprint density at radius 2 is 2.45 bits per heavy atom. The minimum atomic E-state index is -0.428. The number of halogens is 1. The minimum absolute atomic E-state index is 0.114. The number of rotatable bonds is 4. The number of nitrogens with one attached hydrogen (secondary N) is 2. The van der Waals surface area contributed by atoms with Crippen molar-refractivity contribution in [2.24, 2.45) is 7.05 Å². The second-order valence-corrected chi connectivity index (χ2v) is 5.32. The van der Waals surface area contributed by atoms with Crippen LogP contribution in [0.3, 0.4) is 0 Å². The molecule has 6 nitrogen and oxygen atoms in total. The van der Waals surface area contributed by atoms with E-state index in [0.29, 0.717) is 26.1 Å². The van der Waals surface area contributed by atoms with Crippen LogP contribution in [0.15, 0.2) is 18.2 Å². The molecule has 2 heterocycles. The van der Waals surface area contributed by atoms with Crippen LogP contribution in [0, 0.1) is 5.82 Å². The van der Waals surface area contributed by atoms with Crippen LogP contribution in [0.2, 0.25) is 0 Å². The number of morpholine rings is 1. The number of imidazole rings is 1. The van der Waals surface area contributed by atoms with Crippen molar-refractivity contribution in [1.29, 1.82) is 0 Å². The van der Waals surface area contributed by atoms with Gasteiger partial charge in [0.25, 0.3) is 0 Å². The summed E-state index contributed by atoms with van der Waals surface area (Å²) in [4.78, 5) is 16.4. The van der Waals surface area contributed by atoms with Gasteiger partial charge in [0.05, 0.1) is 17.6 Å². The molecular formula is C15H19FN4O2. The Labute approximate surface area is 127 Å². The zero-order valence-electron chi connectivity index (χ0n) is 12.4. The number of hydrogen-bond acceptors (Lipinski definition) is 4. The highest BCUT2D eigenvalue weighted by atomic mass is 19.1. The first-order valence-corrected chi connectivity index (χ1v) is 7.36. The highest BCUT2D eigenvalue weighted by molar-refractivity contribution is 5.81. The van der Waals surface area contributed by atoms with Gasteiger partial charge >= 0.3 is 0 Å². The average molecular weight is 306 g/mol. The predicted molar refractivity (Wildman–Crippen MR) is 80.0 cm³/mol. The lowest BCUT2D eigenvalue weighted by atomic mass is 10.3. The molecule has 1 fully saturated rings. The lowest BCUT2D eigenvalue weighted by molar-refractivity contribution is -0.134. The molecular weight excluding hydrogens is 287 g/mol. The first-order valence-electron chi connectivity index (χ1n) is 7.36. The van der Waals surface area contributed by atoms with Gasteiger partial charge in [-0.1, -0.05) is 0 Å². The Morgan fingerprint density at radius 3 is 3.23 bits per heavy atom. The smallest absolute Gasteiger partial charge is 0.250 e. The van der Waals surface area contributed by atoms with Crippen molar-refractivity contribution in [2.75, 3.05) is 26.2 Å². The predicted octanol–water partition coefficient (Wildman–Crippen LogP) is 0.359. The number of fused-ring (bicyclic) bond motifs is 1. The highest BCUT2D eigenvalue weighted by Crippen LogP contribution is 2.16. The Balaban J connectivity index is 1.59. The van der Waals surface area contributed by atoms with Gasteiger partial charge in [-0.3, -0.25) is 4.79 Å². The largest absolute Gasteiger partial charge is 0.366 e. The van der Waals surface area contributed by atoms with E-state index in [2.05, 4.69) is 15.6 Å². The standard InChI is InChI=1S/C15H19FN4O2/c1-20-12-8-10(16)2-3-11(12)19-14(20)4-5-18-15(21)13-9-17-6-7-22-13/h2-3,8,13,17H,4-7,9H2,1H3,(H,18,21). The zero-order valence-corrected chi connectivity index (χ0v) is 12.4. The molecule has 2 aromatic rings. The van der Waals surface area contributed by atoms with E-state index in [-0.39, 0.29) is 11.7 Å². The van der Waals surface area contributed by atoms with Crippen molar-refractivity contribution < 1.29 is 13.9 Å². The van der Waals surface area contributed by atoms with E-state index < -0.39 is 6.10 Å². The van der Waals surface area contributed by atoms with E-state index in [0.717, 1.165) is 23.4 Å². The molecule has 0 aliphatic carbocycles. The van der Waals surface area contributed by atoms with E-state index in [1.165, 1.54) is 12.1 Å². The van der Waals surface area contributed by atoms with Gasteiger partial charge < -0.3 is 19.9 Å². The zero-order chi connectivity index (χ0) is 15.5. The highest BCUT2D eigenvalue weighted by Gasteiger charge is 2.21. The van der Waals surface area contributed by atoms with Crippen molar-refractivity contribution in [1.82, 2.24) is 20.2 Å². The molecule has 1 amide bonds. The number of aryl methyl sites for hydroxylation is 1. The minimum Gasteiger partial charge on any atom is -0.366 e. The van der Waals surface area contributed by atoms with E-state index in [1.807, 2.05) is 11.6 Å². The second kappa shape index (κ2) is 6.41. The molecule has 0 spiro atoms. The van der Waals surface area contributed by atoms with Gasteiger partial charge in [-0.2, -0.15) is 0 Å². The molecule has 1 unspecified atom stereocenters. The van der Waals surface area contributed by atoms with Crippen LogP contribution < -0.4 is 10.6 Å². The maximum absolute atomic E-state index is 13.3. The van der Waals surface area contributed by atoms with Crippen molar-refractivity contribution in [3.05, 3.63) is 29.8 Å². The number of aromatic nitrogens is 2. The molecule has 3 rings (SSSR count). The van der Waals surface area contributed by atoms with Gasteiger partial charge in [0.2, 0.25) is 5.91 Å². The molecule has 1 aliphatic heterocycles. The average Bonchev–Trinajstić information content (AvgIpc) is 2.84. The number of benzene rings is 1. The van der Waals surface area contributed by atoms with E-state index >= 15 is 0 Å². The number of hydrogen-bond donors (Lipinski definition) is 2. The Morgan fingerprint density at radius 1 is 1.59 bits per heavy atom. The molecule has 0 radical (unpaired) electrons. The van der Waals surface area contributed by atoms with Gasteiger partial charge in [0, 0.05) is 33.1 Å². The summed E-state index contributed by atoms with van der Waals surface area (Å²) in [6.07, 6.45) is 0.155. The molecule has 22 heavy (non-hydrogen) atoms. The second-order valence-electron chi connectivity index (χ2n) is 5.32. The number of carbonyl (C=O) groups is 1. The van der Waals surface area contributed by atoms with E-state index in [9.17, 15) is 9.18 Å². The molecule has 1 aromatic carbocycles. The molecule has 1 saturated heterocycles. The van der Waals surface area contributed by atoms with Crippen molar-refractivity contribution in [2.45, 2.75) is 12.5 Å². The molecule has 1 aromatic heterocycles. The van der Waals surface area contributed by atoms with Crippen LogP contribution in [-0.2, 0) is 23.0 Å². The molecule has 0 saturated carbocycles. The van der Waals surface area contributed by atoms with Crippen LogP contribution in [0.25, 0.3) is 11.0 Å². The summed E-state index contributed by atoms with van der Waals surface area (Å²) in [5.41, 5.74) is 1.51. The molecule has 7 heteroatoms. The van der Waals surface area contributed by atoms with Gasteiger partial charge in [0.15, 0.2) is 0 Å². The van der Waals surface area contributed by atoms with Crippen molar-refractivity contribution >= 4 is 16.9 Å². The Bertz CT molecular complexity index is 679. The summed E-state index contributed by atoms with van der Waals surface area (Å²) in [5, 5.41) is 5.97. The van der Waals surface area contributed by atoms with Crippen molar-refractivity contribution in [3.63, 3.8) is 0 Å². The van der Waals surface area contributed by atoms with Gasteiger partial charge in [-0.05, 0) is 18.2 Å². The number of amides is 1. The third-order valence-electron chi connectivity index (χ3n) is 3.80. The molecule has 118 valence electrons. The summed E-state index contributed by atoms with van der Waals surface area (Å²) in [5.74, 6) is 0.415. The summed E-state index contributed by atoms with van der Waals surface area (Å²) >= 11 is 0. The first kappa shape index (κ1) is 14.9. The van der Waals surface area contributed by atoms with E-state index in [1.54, 1.807) is 6.07 Å². The van der Waals surface area contributed by atoms with Crippen LogP contribution in [0.1, 0.15) is 5.82 Å². The molecule has 1 aliphatic rings. The fourth-order valence-corrected chi connectivity index (χ4v) is 2.58. The summed E-state index contributed by atoms with van der Waals surface area (Å²) in [6.45, 7) is 2.34. The Kier molecular flexibility index (Phi) is 4.35. The van der Waals surface area contributed by atoms with Crippen LogP contribution >= 0.6 is 0 Å². The molecule has 0 bridgehead atoms. The molecule has 2 N–H and O–H groups in total. The Hall–Kier alpha value is -1.99. The number of carbonyl (C=O) groups excluding carboxylic acids is 1. The lowest BCUT2D eigenvalue weighted by Gasteiger charge is -2.22. The quantitative estimate of drug-likeness (QED) is 0.856. The van der Waals surface area contributed by atoms with E-state index in [4.69, 9.17) is 4.74 Å². The third-order valence-corrected chi connectivity index (χ3v) is 3.80. The van der Waals surface area contributed by atoms with Crippen LogP contribution in [0.4, 0.5) is 4.39 Å². The fourth-order valence-electron chi connectivity index (χ4n) is 2.58. The van der Waals surface area contributed by atoms with Gasteiger partial charge in [-0.25, -0.2) is 9.37 Å².